The zero-order valence-electron chi connectivity index (χ0n) is 22.5. The van der Waals surface area contributed by atoms with Gasteiger partial charge in [-0.25, -0.2) is 0 Å². The van der Waals surface area contributed by atoms with E-state index in [2.05, 4.69) is 4.74 Å². The third-order valence-electron chi connectivity index (χ3n) is 8.94. The van der Waals surface area contributed by atoms with E-state index in [0.29, 0.717) is 0 Å². The molecule has 4 bridgehead atoms. The Kier molecular flexibility index (Phi) is 7.20. The van der Waals surface area contributed by atoms with Crippen LogP contribution in [0.2, 0.25) is 0 Å². The summed E-state index contributed by atoms with van der Waals surface area (Å²) < 4.78 is 15.4. The van der Waals surface area contributed by atoms with Gasteiger partial charge in [-0.3, -0.25) is 14.4 Å². The molecule has 2 aliphatic carbocycles. The van der Waals surface area contributed by atoms with Gasteiger partial charge in [0.25, 0.3) is 0 Å². The van der Waals surface area contributed by atoms with Gasteiger partial charge in [0.1, 0.15) is 30.2 Å². The first-order chi connectivity index (χ1) is 20.3. The molecule has 1 saturated carbocycles. The second-order valence-corrected chi connectivity index (χ2v) is 11.5. The Morgan fingerprint density at radius 2 is 1.70 bits per heavy atom. The number of carbonyl (C=O) groups is 2. The van der Waals surface area contributed by atoms with E-state index < -0.39 is 96.7 Å². The monoisotopic (exact) mass is 602 g/mol. The first kappa shape index (κ1) is 29.7. The SMILES string of the molecule is O=C1OC(=O)C1(CCOC1OC(CO)C(O)C(O)C1O)Cc1cc2cc3c(ccc(O)c3c1=O)C1C(O)CC(=C2)C1(O)O. The van der Waals surface area contributed by atoms with E-state index in [-0.39, 0.29) is 45.9 Å². The molecule has 7 atom stereocenters. The molecule has 0 amide bonds. The zero-order valence-corrected chi connectivity index (χ0v) is 22.5. The molecular weight excluding hydrogens is 572 g/mol. The van der Waals surface area contributed by atoms with Crippen molar-refractivity contribution in [2.24, 2.45) is 5.41 Å². The van der Waals surface area contributed by atoms with Crippen LogP contribution in [0.1, 0.15) is 35.4 Å². The molecule has 2 aromatic carbocycles. The van der Waals surface area contributed by atoms with Crippen molar-refractivity contribution in [3.05, 3.63) is 56.8 Å². The molecule has 43 heavy (non-hydrogen) atoms. The molecule has 14 nitrogen and oxygen atoms in total. The highest BCUT2D eigenvalue weighted by Gasteiger charge is 2.59. The van der Waals surface area contributed by atoms with Crippen LogP contribution in [0.4, 0.5) is 0 Å². The van der Waals surface area contributed by atoms with Gasteiger partial charge >= 0.3 is 11.9 Å². The van der Waals surface area contributed by atoms with Crippen LogP contribution in [-0.2, 0) is 30.2 Å². The maximum Gasteiger partial charge on any atom is 0.331 e. The van der Waals surface area contributed by atoms with Gasteiger partial charge in [-0.1, -0.05) is 12.1 Å². The minimum atomic E-state index is -2.44. The van der Waals surface area contributed by atoms with Gasteiger partial charge in [-0.05, 0) is 46.7 Å². The molecule has 0 radical (unpaired) electrons. The fourth-order valence-corrected chi connectivity index (χ4v) is 6.52. The summed E-state index contributed by atoms with van der Waals surface area (Å²) in [6, 6.07) is 5.50. The number of fused-ring (bicyclic) bond motifs is 4. The topological polar surface area (TPSA) is 241 Å². The standard InChI is InChI=1S/C29H30O14/c30-10-18-22(34)23(35)24(36)25(42-18)41-4-3-28(26(37)43-27(28)38)9-12-5-11-6-13-8-17(32)20(29(13,39)40)14-1-2-16(31)19(21(12)33)15(14)7-11/h1-2,5-7,17-18,20,22-25,30-32,34-36,39-40H,3-4,8-10H2. The normalized spacial score (nSPS) is 32.2. The smallest absolute Gasteiger partial charge is 0.331 e. The zero-order chi connectivity index (χ0) is 31.0. The van der Waals surface area contributed by atoms with E-state index in [0.717, 1.165) is 0 Å². The predicted molar refractivity (Wildman–Crippen MR) is 142 cm³/mol. The quantitative estimate of drug-likeness (QED) is 0.0941. The largest absolute Gasteiger partial charge is 0.507 e. The van der Waals surface area contributed by atoms with E-state index in [1.807, 2.05) is 0 Å². The number of cyclic esters (lactones) is 2. The van der Waals surface area contributed by atoms with Crippen molar-refractivity contribution in [1.29, 1.82) is 0 Å². The Bertz CT molecular complexity index is 1580. The number of phenolic OH excluding ortho intramolecular Hbond substituents is 1. The molecular formula is C29H30O14. The van der Waals surface area contributed by atoms with Crippen molar-refractivity contribution in [2.75, 3.05) is 13.2 Å². The number of aliphatic hydroxyl groups excluding tert-OH is 5. The van der Waals surface area contributed by atoms with Crippen LogP contribution in [0.3, 0.4) is 0 Å². The Hall–Kier alpha value is -3.31. The molecule has 3 fully saturated rings. The summed E-state index contributed by atoms with van der Waals surface area (Å²) >= 11 is 0. The second kappa shape index (κ2) is 10.4. The Morgan fingerprint density at radius 1 is 0.977 bits per heavy atom. The van der Waals surface area contributed by atoms with Gasteiger partial charge in [-0.2, -0.15) is 0 Å². The number of aromatic hydroxyl groups is 1. The Balaban J connectivity index is 1.37. The highest BCUT2D eigenvalue weighted by atomic mass is 16.7. The van der Waals surface area contributed by atoms with E-state index in [1.54, 1.807) is 6.07 Å². The van der Waals surface area contributed by atoms with Crippen LogP contribution in [-0.4, -0.2) is 109 Å². The summed E-state index contributed by atoms with van der Waals surface area (Å²) in [7, 11) is 0. The Labute approximate surface area is 242 Å². The van der Waals surface area contributed by atoms with E-state index in [9.17, 15) is 55.2 Å². The number of carbonyl (C=O) groups excluding carboxylic acids is 2. The molecule has 2 aliphatic heterocycles. The molecule has 2 aromatic rings. The van der Waals surface area contributed by atoms with Gasteiger partial charge in [0.05, 0.1) is 30.6 Å². The van der Waals surface area contributed by atoms with Gasteiger partial charge in [0.15, 0.2) is 22.9 Å². The summed E-state index contributed by atoms with van der Waals surface area (Å²) in [4.78, 5) is 39.5. The van der Waals surface area contributed by atoms with Crippen LogP contribution < -0.4 is 5.43 Å². The highest BCUT2D eigenvalue weighted by Crippen LogP contribution is 2.49. The first-order valence-electron chi connectivity index (χ1n) is 13.7. The molecule has 230 valence electrons. The molecule has 14 heteroatoms. The van der Waals surface area contributed by atoms with Crippen molar-refractivity contribution < 1.29 is 64.7 Å². The third kappa shape index (κ3) is 4.49. The fraction of sp³-hybridized carbons (Fsp3) is 0.483. The summed E-state index contributed by atoms with van der Waals surface area (Å²) in [5, 5.41) is 82.9. The number of phenols is 1. The summed E-state index contributed by atoms with van der Waals surface area (Å²) in [5.41, 5.74) is -2.13. The molecule has 6 rings (SSSR count). The number of hydrogen-bond acceptors (Lipinski definition) is 14. The van der Waals surface area contributed by atoms with Gasteiger partial charge in [-0.15, -0.1) is 0 Å². The van der Waals surface area contributed by atoms with Crippen LogP contribution >= 0.6 is 0 Å². The minimum Gasteiger partial charge on any atom is -0.507 e. The number of esters is 2. The second-order valence-electron chi connectivity index (χ2n) is 11.5. The molecule has 0 spiro atoms. The molecule has 2 saturated heterocycles. The average Bonchev–Trinajstić information content (AvgIpc) is 3.11. The van der Waals surface area contributed by atoms with Gasteiger partial charge in [0.2, 0.25) is 0 Å². The third-order valence-corrected chi connectivity index (χ3v) is 8.94. The molecule has 4 aliphatic rings. The lowest BCUT2D eigenvalue weighted by molar-refractivity contribution is -0.302. The fourth-order valence-electron chi connectivity index (χ4n) is 6.52. The van der Waals surface area contributed by atoms with Crippen LogP contribution in [0.5, 0.6) is 5.75 Å². The van der Waals surface area contributed by atoms with Crippen LogP contribution in [0.25, 0.3) is 16.8 Å². The lowest BCUT2D eigenvalue weighted by Gasteiger charge is -2.40. The molecule has 7 unspecified atom stereocenters. The van der Waals surface area contributed by atoms with E-state index in [1.165, 1.54) is 24.3 Å². The Morgan fingerprint density at radius 3 is 2.37 bits per heavy atom. The van der Waals surface area contributed by atoms with Crippen molar-refractivity contribution in [1.82, 2.24) is 0 Å². The van der Waals surface area contributed by atoms with Gasteiger partial charge in [0, 0.05) is 18.4 Å². The van der Waals surface area contributed by atoms with Crippen molar-refractivity contribution >= 4 is 28.8 Å². The lowest BCUT2D eigenvalue weighted by atomic mass is 9.75. The number of rotatable bonds is 7. The summed E-state index contributed by atoms with van der Waals surface area (Å²) in [6.45, 7) is -1.11. The van der Waals surface area contributed by atoms with Crippen LogP contribution in [0.15, 0.2) is 34.6 Å². The van der Waals surface area contributed by atoms with E-state index in [4.69, 9.17) is 9.47 Å². The molecule has 8 N–H and O–H groups in total. The minimum absolute atomic E-state index is 0.0769. The summed E-state index contributed by atoms with van der Waals surface area (Å²) in [5.74, 6) is -6.00. The average molecular weight is 603 g/mol. The van der Waals surface area contributed by atoms with E-state index >= 15 is 0 Å². The number of ether oxygens (including phenoxy) is 3. The van der Waals surface area contributed by atoms with Crippen molar-refractivity contribution in [2.45, 2.75) is 67.8 Å². The maximum absolute atomic E-state index is 13.9. The number of hydrogen-bond donors (Lipinski definition) is 8. The number of aliphatic hydroxyl groups is 7. The summed E-state index contributed by atoms with van der Waals surface area (Å²) in [6.07, 6.45) is -8.50. The van der Waals surface area contributed by atoms with Crippen molar-refractivity contribution in [3.8, 4) is 5.75 Å². The first-order valence-corrected chi connectivity index (χ1v) is 13.7. The van der Waals surface area contributed by atoms with Gasteiger partial charge < -0.3 is 55.1 Å². The van der Waals surface area contributed by atoms with Crippen LogP contribution in [0, 0.1) is 5.41 Å². The molecule has 2 heterocycles. The highest BCUT2D eigenvalue weighted by molar-refractivity contribution is 6.14. The lowest BCUT2D eigenvalue weighted by Crippen LogP contribution is -2.59. The maximum atomic E-state index is 13.9. The predicted octanol–water partition coefficient (Wildman–Crippen LogP) is -2.35. The molecule has 0 aromatic heterocycles. The number of benzene rings is 1. The van der Waals surface area contributed by atoms with Crippen molar-refractivity contribution in [3.63, 3.8) is 0 Å².